The number of rotatable bonds is 8. The van der Waals surface area contributed by atoms with Crippen molar-refractivity contribution in [2.24, 2.45) is 0 Å². The molecule has 3 aromatic carbocycles. The molecule has 4 rings (SSSR count). The zero-order valence-electron chi connectivity index (χ0n) is 18.3. The number of aromatic nitrogens is 3. The lowest BCUT2D eigenvalue weighted by Crippen LogP contribution is -2.12. The van der Waals surface area contributed by atoms with Gasteiger partial charge in [-0.3, -0.25) is 14.2 Å². The van der Waals surface area contributed by atoms with Crippen molar-refractivity contribution in [3.63, 3.8) is 0 Å². The number of amides is 1. The fraction of sp³-hybridized carbons (Fsp3) is 0.120. The topological polar surface area (TPSA) is 86.1 Å². The lowest BCUT2D eigenvalue weighted by molar-refractivity contribution is -0.141. The van der Waals surface area contributed by atoms with Gasteiger partial charge in [-0.1, -0.05) is 59.8 Å². The van der Waals surface area contributed by atoms with E-state index in [2.05, 4.69) is 15.5 Å². The zero-order valence-corrected chi connectivity index (χ0v) is 19.8. The maximum atomic E-state index is 12.3. The van der Waals surface area contributed by atoms with Crippen molar-refractivity contribution in [1.82, 2.24) is 14.8 Å². The first-order valence-electron chi connectivity index (χ1n) is 10.4. The van der Waals surface area contributed by atoms with E-state index in [1.807, 2.05) is 55.5 Å². The number of aryl methyl sites for hydroxylation is 1. The molecule has 1 N–H and O–H groups in total. The normalized spacial score (nSPS) is 10.6. The van der Waals surface area contributed by atoms with E-state index in [-0.39, 0.29) is 24.2 Å². The summed E-state index contributed by atoms with van der Waals surface area (Å²) < 4.78 is 7.13. The Hall–Kier alpha value is -3.62. The minimum atomic E-state index is -0.382. The molecule has 1 amide bonds. The lowest BCUT2D eigenvalue weighted by Gasteiger charge is -2.09. The first kappa shape index (κ1) is 23.5. The molecule has 0 fully saturated rings. The summed E-state index contributed by atoms with van der Waals surface area (Å²) in [6.45, 7) is 2.04. The molecule has 34 heavy (non-hydrogen) atoms. The van der Waals surface area contributed by atoms with Crippen LogP contribution in [-0.4, -0.2) is 32.4 Å². The molecule has 7 nitrogen and oxygen atoms in total. The lowest BCUT2D eigenvalue weighted by atomic mass is 10.1. The van der Waals surface area contributed by atoms with Gasteiger partial charge < -0.3 is 10.1 Å². The second kappa shape index (κ2) is 11.0. The first-order valence-corrected chi connectivity index (χ1v) is 11.8. The van der Waals surface area contributed by atoms with Crippen molar-refractivity contribution in [3.8, 4) is 5.69 Å². The molecule has 0 radical (unpaired) electrons. The predicted octanol–water partition coefficient (Wildman–Crippen LogP) is 5.32. The van der Waals surface area contributed by atoms with Crippen LogP contribution in [0.25, 0.3) is 5.69 Å². The van der Waals surface area contributed by atoms with Crippen molar-refractivity contribution in [2.75, 3.05) is 11.1 Å². The largest absolute Gasteiger partial charge is 0.460 e. The minimum Gasteiger partial charge on any atom is -0.460 e. The highest BCUT2D eigenvalue weighted by Crippen LogP contribution is 2.24. The number of para-hydroxylation sites is 1. The molecule has 1 aromatic heterocycles. The molecule has 0 saturated heterocycles. The number of anilines is 1. The summed E-state index contributed by atoms with van der Waals surface area (Å²) >= 11 is 7.44. The van der Waals surface area contributed by atoms with E-state index in [1.54, 1.807) is 35.2 Å². The zero-order chi connectivity index (χ0) is 23.9. The highest BCUT2D eigenvalue weighted by molar-refractivity contribution is 7.99. The van der Waals surface area contributed by atoms with Gasteiger partial charge in [0, 0.05) is 16.3 Å². The first-order chi connectivity index (χ1) is 16.5. The van der Waals surface area contributed by atoms with E-state index in [4.69, 9.17) is 16.3 Å². The average molecular weight is 493 g/mol. The number of halogens is 1. The van der Waals surface area contributed by atoms with Crippen LogP contribution in [0.4, 0.5) is 5.69 Å². The van der Waals surface area contributed by atoms with Gasteiger partial charge in [0.15, 0.2) is 5.16 Å². The van der Waals surface area contributed by atoms with E-state index >= 15 is 0 Å². The number of nitrogens with one attached hydrogen (secondary N) is 1. The van der Waals surface area contributed by atoms with Crippen LogP contribution in [0.2, 0.25) is 5.02 Å². The smallest absolute Gasteiger partial charge is 0.316 e. The quantitative estimate of drug-likeness (QED) is 0.265. The summed E-state index contributed by atoms with van der Waals surface area (Å²) in [5, 5.41) is 12.1. The Bertz CT molecular complexity index is 1290. The summed E-state index contributed by atoms with van der Waals surface area (Å²) in [6.07, 6.45) is 1.57. The fourth-order valence-corrected chi connectivity index (χ4v) is 3.94. The number of hydrogen-bond acceptors (Lipinski definition) is 6. The van der Waals surface area contributed by atoms with E-state index in [0.29, 0.717) is 15.7 Å². The third-order valence-corrected chi connectivity index (χ3v) is 6.24. The maximum Gasteiger partial charge on any atom is 0.316 e. The Balaban J connectivity index is 1.27. The number of thioether (sulfide) groups is 1. The molecule has 0 aliphatic rings. The molecule has 0 atom stereocenters. The highest BCUT2D eigenvalue weighted by Gasteiger charge is 2.12. The number of carbonyl (C=O) groups excluding carboxylic acids is 2. The number of ether oxygens (including phenoxy) is 1. The van der Waals surface area contributed by atoms with E-state index in [1.165, 1.54) is 11.8 Å². The van der Waals surface area contributed by atoms with E-state index in [9.17, 15) is 9.59 Å². The molecule has 172 valence electrons. The molecule has 9 heteroatoms. The summed E-state index contributed by atoms with van der Waals surface area (Å²) in [5.41, 5.74) is 3.82. The van der Waals surface area contributed by atoms with Crippen LogP contribution in [0.1, 0.15) is 21.5 Å². The highest BCUT2D eigenvalue weighted by atomic mass is 35.5. The van der Waals surface area contributed by atoms with Crippen molar-refractivity contribution >= 4 is 40.9 Å². The number of benzene rings is 3. The van der Waals surface area contributed by atoms with Crippen LogP contribution < -0.4 is 5.32 Å². The van der Waals surface area contributed by atoms with Gasteiger partial charge in [0.05, 0.1) is 11.4 Å². The van der Waals surface area contributed by atoms with Crippen LogP contribution in [0.3, 0.4) is 0 Å². The molecule has 0 aliphatic carbocycles. The molecule has 0 bridgehead atoms. The summed E-state index contributed by atoms with van der Waals surface area (Å²) in [4.78, 5) is 24.6. The monoisotopic (exact) mass is 492 g/mol. The molecule has 0 unspecified atom stereocenters. The van der Waals surface area contributed by atoms with E-state index < -0.39 is 0 Å². The third-order valence-electron chi connectivity index (χ3n) is 4.92. The van der Waals surface area contributed by atoms with Gasteiger partial charge in [0.25, 0.3) is 5.91 Å². The molecule has 1 heterocycles. The maximum absolute atomic E-state index is 12.3. The molecular formula is C25H21ClN4O3S. The van der Waals surface area contributed by atoms with Crippen LogP contribution in [0.15, 0.2) is 84.3 Å². The van der Waals surface area contributed by atoms with Crippen molar-refractivity contribution in [1.29, 1.82) is 0 Å². The van der Waals surface area contributed by atoms with Crippen LogP contribution >= 0.6 is 23.4 Å². The fourth-order valence-electron chi connectivity index (χ4n) is 3.04. The Morgan fingerprint density at radius 2 is 1.82 bits per heavy atom. The van der Waals surface area contributed by atoms with Crippen LogP contribution in [-0.2, 0) is 16.1 Å². The second-order valence-electron chi connectivity index (χ2n) is 7.38. The van der Waals surface area contributed by atoms with Gasteiger partial charge in [0.1, 0.15) is 12.9 Å². The van der Waals surface area contributed by atoms with Gasteiger partial charge in [0.2, 0.25) is 0 Å². The van der Waals surface area contributed by atoms with Crippen LogP contribution in [0, 0.1) is 6.92 Å². The van der Waals surface area contributed by atoms with Crippen LogP contribution in [0.5, 0.6) is 0 Å². The van der Waals surface area contributed by atoms with Crippen molar-refractivity contribution in [3.05, 3.63) is 101 Å². The van der Waals surface area contributed by atoms with Crippen molar-refractivity contribution < 1.29 is 14.3 Å². The summed E-state index contributed by atoms with van der Waals surface area (Å²) in [7, 11) is 0. The van der Waals surface area contributed by atoms with Gasteiger partial charge >= 0.3 is 5.97 Å². The number of nitrogens with zero attached hydrogens (tertiary/aromatic N) is 3. The predicted molar refractivity (Wildman–Crippen MR) is 132 cm³/mol. The van der Waals surface area contributed by atoms with Gasteiger partial charge in [-0.2, -0.15) is 0 Å². The molecule has 0 aliphatic heterocycles. The molecular weight excluding hydrogens is 472 g/mol. The average Bonchev–Trinajstić information content (AvgIpc) is 3.33. The standard InChI is InChI=1S/C25H21ClN4O3S/c1-17-7-12-21(13-22(17)26)30-16-27-29-25(30)34-15-23(31)33-14-18-8-10-19(11-9-18)24(32)28-20-5-3-2-4-6-20/h2-13,16H,14-15H2,1H3,(H,28,32). The molecule has 0 saturated carbocycles. The van der Waals surface area contributed by atoms with Gasteiger partial charge in [-0.25, -0.2) is 0 Å². The molecule has 0 spiro atoms. The number of carbonyl (C=O) groups is 2. The van der Waals surface area contributed by atoms with Gasteiger partial charge in [-0.05, 0) is 54.4 Å². The Morgan fingerprint density at radius 3 is 2.56 bits per heavy atom. The second-order valence-corrected chi connectivity index (χ2v) is 8.73. The summed E-state index contributed by atoms with van der Waals surface area (Å²) in [5.74, 6) is -0.506. The minimum absolute atomic E-state index is 0.0792. The number of hydrogen-bond donors (Lipinski definition) is 1. The Morgan fingerprint density at radius 1 is 1.06 bits per heavy atom. The summed E-state index contributed by atoms with van der Waals surface area (Å²) in [6, 6.07) is 21.8. The Kier molecular flexibility index (Phi) is 7.61. The number of esters is 1. The Labute approximate surface area is 206 Å². The van der Waals surface area contributed by atoms with Gasteiger partial charge in [-0.15, -0.1) is 10.2 Å². The van der Waals surface area contributed by atoms with Crippen molar-refractivity contribution in [2.45, 2.75) is 18.7 Å². The SMILES string of the molecule is Cc1ccc(-n2cnnc2SCC(=O)OCc2ccc(C(=O)Nc3ccccc3)cc2)cc1Cl. The van der Waals surface area contributed by atoms with E-state index in [0.717, 1.165) is 22.5 Å². The molecule has 4 aromatic rings. The third kappa shape index (κ3) is 6.03.